The smallest absolute Gasteiger partial charge is 0.237 e. The molecule has 2 heterocycles. The van der Waals surface area contributed by atoms with Crippen LogP contribution in [0.15, 0.2) is 8.86 Å². The molecule has 0 atom stereocenters. The third kappa shape index (κ3) is 3.24. The average molecular weight is 271 g/mol. The van der Waals surface area contributed by atoms with Crippen LogP contribution >= 0.6 is 23.3 Å². The van der Waals surface area contributed by atoms with Crippen molar-refractivity contribution >= 4 is 23.3 Å². The highest BCUT2D eigenvalue weighted by Crippen LogP contribution is 2.24. The summed E-state index contributed by atoms with van der Waals surface area (Å²) in [5.74, 6) is 2.43. The second-order valence-corrected chi connectivity index (χ2v) is 6.10. The van der Waals surface area contributed by atoms with Crippen LogP contribution in [0.4, 0.5) is 0 Å². The summed E-state index contributed by atoms with van der Waals surface area (Å²) in [4.78, 5) is 8.47. The van der Waals surface area contributed by atoms with Crippen molar-refractivity contribution in [1.29, 1.82) is 0 Å². The van der Waals surface area contributed by atoms with Crippen molar-refractivity contribution in [3.63, 3.8) is 0 Å². The van der Waals surface area contributed by atoms with Crippen molar-refractivity contribution in [2.75, 3.05) is 0 Å². The van der Waals surface area contributed by atoms with Crippen LogP contribution < -0.4 is 5.73 Å². The molecule has 0 aliphatic carbocycles. The Hall–Kier alpha value is -0.990. The molecular formula is C9H13N5OS2. The first-order valence-electron chi connectivity index (χ1n) is 5.00. The molecule has 0 fully saturated rings. The van der Waals surface area contributed by atoms with Gasteiger partial charge in [0.25, 0.3) is 0 Å². The fraction of sp³-hybridized carbons (Fsp3) is 0.556. The number of rotatable bonds is 4. The van der Waals surface area contributed by atoms with E-state index in [2.05, 4.69) is 19.5 Å². The van der Waals surface area contributed by atoms with E-state index in [1.54, 1.807) is 0 Å². The molecule has 0 saturated heterocycles. The molecule has 0 bridgehead atoms. The van der Waals surface area contributed by atoms with Gasteiger partial charge in [-0.1, -0.05) is 16.9 Å². The minimum atomic E-state index is -0.578. The van der Waals surface area contributed by atoms with Crippen LogP contribution in [0, 0.1) is 6.92 Å². The van der Waals surface area contributed by atoms with Gasteiger partial charge in [0.05, 0.1) is 11.3 Å². The molecule has 0 saturated carbocycles. The lowest BCUT2D eigenvalue weighted by Gasteiger charge is -2.11. The van der Waals surface area contributed by atoms with Gasteiger partial charge in [-0.25, -0.2) is 4.98 Å². The highest BCUT2D eigenvalue weighted by Gasteiger charge is 2.21. The quantitative estimate of drug-likeness (QED) is 0.846. The fourth-order valence-electron chi connectivity index (χ4n) is 1.04. The van der Waals surface area contributed by atoms with Crippen molar-refractivity contribution in [2.24, 2.45) is 5.73 Å². The molecule has 0 aliphatic heterocycles. The van der Waals surface area contributed by atoms with Crippen LogP contribution in [0.2, 0.25) is 0 Å². The van der Waals surface area contributed by atoms with E-state index in [-0.39, 0.29) is 0 Å². The summed E-state index contributed by atoms with van der Waals surface area (Å²) < 4.78 is 10.1. The van der Waals surface area contributed by atoms with Gasteiger partial charge in [-0.3, -0.25) is 0 Å². The molecule has 0 radical (unpaired) electrons. The van der Waals surface area contributed by atoms with E-state index in [9.17, 15) is 0 Å². The summed E-state index contributed by atoms with van der Waals surface area (Å²) in [6.45, 7) is 5.54. The van der Waals surface area contributed by atoms with Crippen molar-refractivity contribution in [1.82, 2.24) is 19.5 Å². The lowest BCUT2D eigenvalue weighted by molar-refractivity contribution is 0.370. The van der Waals surface area contributed by atoms with E-state index < -0.39 is 5.54 Å². The first kappa shape index (κ1) is 12.5. The molecule has 2 aromatic heterocycles. The molecule has 8 heteroatoms. The zero-order chi connectivity index (χ0) is 12.5. The van der Waals surface area contributed by atoms with E-state index in [1.165, 1.54) is 23.3 Å². The van der Waals surface area contributed by atoms with Gasteiger partial charge >= 0.3 is 0 Å². The zero-order valence-electron chi connectivity index (χ0n) is 9.80. The standard InChI is InChI=1S/C9H13N5OS2/c1-5-11-8(17-14-5)16-4-6-12-7(13-15-6)9(2,3)10/h4,10H2,1-3H3. The maximum absolute atomic E-state index is 5.87. The van der Waals surface area contributed by atoms with E-state index in [0.717, 1.165) is 10.2 Å². The van der Waals surface area contributed by atoms with Crippen LogP contribution in [0.25, 0.3) is 0 Å². The Labute approximate surface area is 107 Å². The summed E-state index contributed by atoms with van der Waals surface area (Å²) in [5.41, 5.74) is 5.29. The maximum Gasteiger partial charge on any atom is 0.237 e. The zero-order valence-corrected chi connectivity index (χ0v) is 11.4. The second kappa shape index (κ2) is 4.71. The highest BCUT2D eigenvalue weighted by molar-refractivity contribution is 8.00. The first-order chi connectivity index (χ1) is 7.95. The summed E-state index contributed by atoms with van der Waals surface area (Å²) in [7, 11) is 0. The van der Waals surface area contributed by atoms with Crippen LogP contribution in [-0.4, -0.2) is 19.5 Å². The number of hydrogen-bond donors (Lipinski definition) is 1. The molecule has 0 amide bonds. The third-order valence-corrected chi connectivity index (χ3v) is 3.78. The number of nitrogens with zero attached hydrogens (tertiary/aromatic N) is 4. The number of nitrogens with two attached hydrogens (primary N) is 1. The molecule has 6 nitrogen and oxygen atoms in total. The normalized spacial score (nSPS) is 12.0. The Balaban J connectivity index is 1.98. The number of aryl methyl sites for hydroxylation is 1. The Kier molecular flexibility index (Phi) is 3.45. The van der Waals surface area contributed by atoms with Crippen molar-refractivity contribution in [2.45, 2.75) is 36.4 Å². The van der Waals surface area contributed by atoms with E-state index in [4.69, 9.17) is 10.3 Å². The summed E-state index contributed by atoms with van der Waals surface area (Å²) in [6, 6.07) is 0. The molecule has 17 heavy (non-hydrogen) atoms. The summed E-state index contributed by atoms with van der Waals surface area (Å²) >= 11 is 2.89. The van der Waals surface area contributed by atoms with Crippen LogP contribution in [0.5, 0.6) is 0 Å². The Morgan fingerprint density at radius 3 is 2.71 bits per heavy atom. The predicted octanol–water partition coefficient (Wildman–Crippen LogP) is 1.72. The first-order valence-corrected chi connectivity index (χ1v) is 6.76. The van der Waals surface area contributed by atoms with E-state index in [1.807, 2.05) is 20.8 Å². The van der Waals surface area contributed by atoms with Crippen molar-refractivity contribution in [3.8, 4) is 0 Å². The predicted molar refractivity (Wildman–Crippen MR) is 65.7 cm³/mol. The van der Waals surface area contributed by atoms with Gasteiger partial charge in [-0.15, -0.1) is 0 Å². The molecule has 2 N–H and O–H groups in total. The van der Waals surface area contributed by atoms with Crippen LogP contribution in [0.3, 0.4) is 0 Å². The van der Waals surface area contributed by atoms with Crippen LogP contribution in [-0.2, 0) is 11.3 Å². The van der Waals surface area contributed by atoms with E-state index in [0.29, 0.717) is 17.5 Å². The lowest BCUT2D eigenvalue weighted by atomic mass is 10.1. The average Bonchev–Trinajstić information content (AvgIpc) is 2.82. The summed E-state index contributed by atoms with van der Waals surface area (Å²) in [6.07, 6.45) is 0. The van der Waals surface area contributed by atoms with E-state index >= 15 is 0 Å². The van der Waals surface area contributed by atoms with Gasteiger partial charge < -0.3 is 10.3 Å². The molecule has 0 aliphatic rings. The van der Waals surface area contributed by atoms with Crippen LogP contribution in [0.1, 0.15) is 31.4 Å². The highest BCUT2D eigenvalue weighted by atomic mass is 32.2. The van der Waals surface area contributed by atoms with Gasteiger partial charge in [-0.2, -0.15) is 9.36 Å². The Bertz CT molecular complexity index is 501. The van der Waals surface area contributed by atoms with Gasteiger partial charge in [-0.05, 0) is 32.3 Å². The molecule has 92 valence electrons. The van der Waals surface area contributed by atoms with Gasteiger partial charge in [0.1, 0.15) is 5.82 Å². The van der Waals surface area contributed by atoms with Crippen molar-refractivity contribution in [3.05, 3.63) is 17.5 Å². The topological polar surface area (TPSA) is 90.7 Å². The SMILES string of the molecule is Cc1nsc(SCc2nc(C(C)(C)N)no2)n1. The van der Waals surface area contributed by atoms with Crippen molar-refractivity contribution < 1.29 is 4.52 Å². The molecule has 2 rings (SSSR count). The number of aromatic nitrogens is 4. The largest absolute Gasteiger partial charge is 0.338 e. The second-order valence-electron chi connectivity index (χ2n) is 4.13. The Morgan fingerprint density at radius 2 is 2.18 bits per heavy atom. The summed E-state index contributed by atoms with van der Waals surface area (Å²) in [5, 5.41) is 3.85. The van der Waals surface area contributed by atoms with Gasteiger partial charge in [0.15, 0.2) is 10.2 Å². The molecule has 0 unspecified atom stereocenters. The molecule has 2 aromatic rings. The van der Waals surface area contributed by atoms with Gasteiger partial charge in [0, 0.05) is 0 Å². The minimum Gasteiger partial charge on any atom is -0.338 e. The Morgan fingerprint density at radius 1 is 1.41 bits per heavy atom. The maximum atomic E-state index is 5.87. The third-order valence-electron chi connectivity index (χ3n) is 1.87. The van der Waals surface area contributed by atoms with Gasteiger partial charge in [0.2, 0.25) is 5.89 Å². The molecule has 0 spiro atoms. The lowest BCUT2D eigenvalue weighted by Crippen LogP contribution is -2.30. The monoisotopic (exact) mass is 271 g/mol. The number of thioether (sulfide) groups is 1. The fourth-order valence-corrected chi connectivity index (χ4v) is 2.52. The molecule has 0 aromatic carbocycles. The minimum absolute atomic E-state index is 0.515. The number of hydrogen-bond acceptors (Lipinski definition) is 8. The molecular weight excluding hydrogens is 258 g/mol.